The first-order valence-corrected chi connectivity index (χ1v) is 10.2. The quantitative estimate of drug-likeness (QED) is 0.709. The zero-order valence-electron chi connectivity index (χ0n) is 16.2. The van der Waals surface area contributed by atoms with E-state index in [4.69, 9.17) is 0 Å². The first kappa shape index (κ1) is 17.4. The summed E-state index contributed by atoms with van der Waals surface area (Å²) in [6, 6.07) is 0. The summed E-state index contributed by atoms with van der Waals surface area (Å²) in [4.78, 5) is 37.8. The average molecular weight is 344 g/mol. The van der Waals surface area contributed by atoms with E-state index in [1.165, 1.54) is 0 Å². The molecule has 0 heterocycles. The smallest absolute Gasteiger partial charge is 0.137 e. The van der Waals surface area contributed by atoms with Crippen LogP contribution in [0, 0.1) is 39.9 Å². The Morgan fingerprint density at radius 3 is 2.36 bits per heavy atom. The minimum atomic E-state index is -0.151. The van der Waals surface area contributed by atoms with Gasteiger partial charge in [-0.1, -0.05) is 20.8 Å². The molecule has 0 spiro atoms. The number of hydrogen-bond donors (Lipinski definition) is 0. The van der Waals surface area contributed by atoms with Crippen molar-refractivity contribution in [3.05, 3.63) is 0 Å². The molecule has 4 rings (SSSR count). The maximum absolute atomic E-state index is 13.5. The molecule has 4 aliphatic rings. The highest BCUT2D eigenvalue weighted by atomic mass is 16.1. The number of carbonyl (C=O) groups is 3. The third-order valence-corrected chi connectivity index (χ3v) is 9.20. The molecule has 25 heavy (non-hydrogen) atoms. The molecule has 4 fully saturated rings. The topological polar surface area (TPSA) is 51.2 Å². The Bertz CT molecular complexity index is 652. The highest BCUT2D eigenvalue weighted by molar-refractivity contribution is 5.88. The number of rotatable bonds is 1. The summed E-state index contributed by atoms with van der Waals surface area (Å²) in [7, 11) is 0. The minimum absolute atomic E-state index is 0.0000784. The van der Waals surface area contributed by atoms with Gasteiger partial charge in [-0.3, -0.25) is 14.4 Å². The lowest BCUT2D eigenvalue weighted by Crippen LogP contribution is -2.62. The number of carbonyl (C=O) groups excluding carboxylic acids is 3. The molecule has 0 aromatic rings. The molecule has 7 atom stereocenters. The molecule has 3 heteroatoms. The molecule has 0 aromatic carbocycles. The van der Waals surface area contributed by atoms with Crippen LogP contribution in [0.4, 0.5) is 0 Å². The van der Waals surface area contributed by atoms with Crippen LogP contribution in [-0.4, -0.2) is 17.3 Å². The van der Waals surface area contributed by atoms with E-state index in [1.54, 1.807) is 6.92 Å². The van der Waals surface area contributed by atoms with E-state index >= 15 is 0 Å². The maximum atomic E-state index is 13.5. The van der Waals surface area contributed by atoms with Gasteiger partial charge in [0, 0.05) is 31.1 Å². The number of hydrogen-bond acceptors (Lipinski definition) is 3. The Kier molecular flexibility index (Phi) is 3.67. The summed E-state index contributed by atoms with van der Waals surface area (Å²) >= 11 is 0. The molecule has 0 N–H and O–H groups in total. The van der Waals surface area contributed by atoms with Crippen molar-refractivity contribution in [3.8, 4) is 0 Å². The standard InChI is InChI=1S/C22H32O3/c1-13(23)16-5-6-18-21(3)9-7-14-11-15(24)8-10-20(14,2)19(21)17(25)12-22(16,18)4/h14,16,18-19H,5-12H2,1-4H3/t14-,16-,18+,19+,20-,21-,22+/m0/s1. The molecular formula is C22H32O3. The lowest BCUT2D eigenvalue weighted by molar-refractivity contribution is -0.180. The molecule has 4 aliphatic carbocycles. The molecule has 0 radical (unpaired) electrons. The van der Waals surface area contributed by atoms with Crippen molar-refractivity contribution in [3.63, 3.8) is 0 Å². The van der Waals surface area contributed by atoms with E-state index in [9.17, 15) is 14.4 Å². The molecule has 138 valence electrons. The van der Waals surface area contributed by atoms with Crippen LogP contribution in [0.25, 0.3) is 0 Å². The summed E-state index contributed by atoms with van der Waals surface area (Å²) in [6.45, 7) is 8.57. The Hall–Kier alpha value is -0.990. The fraction of sp³-hybridized carbons (Fsp3) is 0.864. The lowest BCUT2D eigenvalue weighted by atomic mass is 9.39. The van der Waals surface area contributed by atoms with Crippen molar-refractivity contribution in [2.45, 2.75) is 79.1 Å². The van der Waals surface area contributed by atoms with Crippen LogP contribution >= 0.6 is 0 Å². The highest BCUT2D eigenvalue weighted by Gasteiger charge is 2.68. The third kappa shape index (κ3) is 2.13. The van der Waals surface area contributed by atoms with Crippen LogP contribution in [0.2, 0.25) is 0 Å². The van der Waals surface area contributed by atoms with Gasteiger partial charge in [0.2, 0.25) is 0 Å². The third-order valence-electron chi connectivity index (χ3n) is 9.20. The van der Waals surface area contributed by atoms with Crippen LogP contribution in [0.1, 0.15) is 79.1 Å². The summed E-state index contributed by atoms with van der Waals surface area (Å²) in [6.07, 6.45) is 6.91. The second-order valence-electron chi connectivity index (χ2n) is 10.4. The van der Waals surface area contributed by atoms with Crippen molar-refractivity contribution in [1.29, 1.82) is 0 Å². The largest absolute Gasteiger partial charge is 0.300 e. The van der Waals surface area contributed by atoms with Crippen molar-refractivity contribution in [1.82, 2.24) is 0 Å². The zero-order chi connectivity index (χ0) is 18.2. The van der Waals surface area contributed by atoms with Gasteiger partial charge >= 0.3 is 0 Å². The van der Waals surface area contributed by atoms with Gasteiger partial charge in [-0.25, -0.2) is 0 Å². The van der Waals surface area contributed by atoms with E-state index in [0.717, 1.165) is 32.1 Å². The van der Waals surface area contributed by atoms with E-state index in [1.807, 2.05) is 0 Å². The highest BCUT2D eigenvalue weighted by Crippen LogP contribution is 2.71. The predicted molar refractivity (Wildman–Crippen MR) is 95.9 cm³/mol. The van der Waals surface area contributed by atoms with E-state index in [2.05, 4.69) is 20.8 Å². The van der Waals surface area contributed by atoms with Gasteiger partial charge in [0.25, 0.3) is 0 Å². The number of ketones is 3. The minimum Gasteiger partial charge on any atom is -0.300 e. The molecule has 0 aliphatic heterocycles. The average Bonchev–Trinajstić information content (AvgIpc) is 2.85. The van der Waals surface area contributed by atoms with E-state index < -0.39 is 0 Å². The molecule has 0 unspecified atom stereocenters. The second kappa shape index (κ2) is 5.27. The molecule has 4 saturated carbocycles. The normalized spacial score (nSPS) is 52.3. The van der Waals surface area contributed by atoms with Gasteiger partial charge < -0.3 is 0 Å². The van der Waals surface area contributed by atoms with Gasteiger partial charge in [-0.05, 0) is 67.1 Å². The molecule has 0 amide bonds. The lowest BCUT2D eigenvalue weighted by Gasteiger charge is -2.64. The summed E-state index contributed by atoms with van der Waals surface area (Å²) in [5.74, 6) is 2.01. The summed E-state index contributed by atoms with van der Waals surface area (Å²) in [5.41, 5.74) is -0.171. The number of Topliss-reactive ketones (excluding diaryl/α,β-unsaturated/α-hetero) is 3. The van der Waals surface area contributed by atoms with Gasteiger partial charge in [-0.2, -0.15) is 0 Å². The first-order valence-electron chi connectivity index (χ1n) is 10.2. The Labute approximate surface area is 151 Å². The summed E-state index contributed by atoms with van der Waals surface area (Å²) in [5, 5.41) is 0. The van der Waals surface area contributed by atoms with Crippen LogP contribution in [-0.2, 0) is 14.4 Å². The zero-order valence-corrected chi connectivity index (χ0v) is 16.2. The molecular weight excluding hydrogens is 312 g/mol. The second-order valence-corrected chi connectivity index (χ2v) is 10.4. The molecule has 0 saturated heterocycles. The molecule has 0 bridgehead atoms. The number of fused-ring (bicyclic) bond motifs is 5. The van der Waals surface area contributed by atoms with Crippen molar-refractivity contribution < 1.29 is 14.4 Å². The van der Waals surface area contributed by atoms with E-state index in [0.29, 0.717) is 42.7 Å². The molecule has 0 aromatic heterocycles. The fourth-order valence-corrected chi connectivity index (χ4v) is 8.24. The fourth-order valence-electron chi connectivity index (χ4n) is 8.24. The van der Waals surface area contributed by atoms with Gasteiger partial charge in [0.05, 0.1) is 0 Å². The van der Waals surface area contributed by atoms with Crippen LogP contribution in [0.3, 0.4) is 0 Å². The Balaban J connectivity index is 1.76. The predicted octanol–water partition coefficient (Wildman–Crippen LogP) is 4.37. The summed E-state index contributed by atoms with van der Waals surface area (Å²) < 4.78 is 0. The van der Waals surface area contributed by atoms with Gasteiger partial charge in [-0.15, -0.1) is 0 Å². The van der Waals surface area contributed by atoms with Crippen molar-refractivity contribution in [2.75, 3.05) is 0 Å². The van der Waals surface area contributed by atoms with Crippen molar-refractivity contribution in [2.24, 2.45) is 39.9 Å². The molecule has 3 nitrogen and oxygen atoms in total. The first-order chi connectivity index (χ1) is 11.6. The van der Waals surface area contributed by atoms with Gasteiger partial charge in [0.1, 0.15) is 17.3 Å². The monoisotopic (exact) mass is 344 g/mol. The maximum Gasteiger partial charge on any atom is 0.137 e. The Morgan fingerprint density at radius 2 is 1.68 bits per heavy atom. The van der Waals surface area contributed by atoms with E-state index in [-0.39, 0.29) is 33.9 Å². The van der Waals surface area contributed by atoms with Gasteiger partial charge in [0.15, 0.2) is 0 Å². The Morgan fingerprint density at radius 1 is 0.960 bits per heavy atom. The SMILES string of the molecule is CC(=O)[C@@H]1CC[C@@H]2[C@]3(C)CC[C@H]4CC(=O)CC[C@]4(C)[C@H]3C(=O)C[C@@]21C. The van der Waals surface area contributed by atoms with Crippen LogP contribution < -0.4 is 0 Å². The van der Waals surface area contributed by atoms with Crippen LogP contribution in [0.15, 0.2) is 0 Å². The van der Waals surface area contributed by atoms with Crippen LogP contribution in [0.5, 0.6) is 0 Å². The van der Waals surface area contributed by atoms with Crippen molar-refractivity contribution >= 4 is 17.3 Å².